The van der Waals surface area contributed by atoms with Gasteiger partial charge in [-0.25, -0.2) is 9.78 Å². The third-order valence-electron chi connectivity index (χ3n) is 5.00. The Morgan fingerprint density at radius 1 is 1.18 bits per heavy atom. The van der Waals surface area contributed by atoms with Crippen molar-refractivity contribution < 1.29 is 18.0 Å². The van der Waals surface area contributed by atoms with Crippen LogP contribution in [-0.2, 0) is 24.6 Å². The fourth-order valence-corrected chi connectivity index (χ4v) is 3.26. The Morgan fingerprint density at radius 3 is 2.57 bits per heavy atom. The van der Waals surface area contributed by atoms with Crippen LogP contribution >= 0.6 is 0 Å². The van der Waals surface area contributed by atoms with Crippen molar-refractivity contribution in [3.63, 3.8) is 0 Å². The summed E-state index contributed by atoms with van der Waals surface area (Å²) in [5.41, 5.74) is 0.407. The summed E-state index contributed by atoms with van der Waals surface area (Å²) in [6.45, 7) is 1.22. The Bertz CT molecular complexity index is 1130. The molecule has 1 aliphatic rings. The molecule has 3 heterocycles. The monoisotopic (exact) mass is 390 g/mol. The first-order valence-corrected chi connectivity index (χ1v) is 8.76. The van der Waals surface area contributed by atoms with E-state index in [1.807, 2.05) is 0 Å². The van der Waals surface area contributed by atoms with Crippen LogP contribution in [0.25, 0.3) is 22.3 Å². The molecule has 28 heavy (non-hydrogen) atoms. The van der Waals surface area contributed by atoms with Crippen molar-refractivity contribution in [3.8, 4) is 11.1 Å². The molecule has 4 rings (SSSR count). The molecule has 1 saturated heterocycles. The molecule has 1 fully saturated rings. The molecular formula is C19H17F3N4O2. The molecule has 0 bridgehead atoms. The van der Waals surface area contributed by atoms with Crippen molar-refractivity contribution in [1.29, 1.82) is 0 Å². The number of hydrogen-bond acceptors (Lipinski definition) is 3. The van der Waals surface area contributed by atoms with Crippen molar-refractivity contribution in [3.05, 3.63) is 52.6 Å². The first-order valence-electron chi connectivity index (χ1n) is 8.76. The van der Waals surface area contributed by atoms with Crippen molar-refractivity contribution >= 4 is 17.1 Å². The standard InChI is InChI=1S/C19H17F3N4O2/c1-24-17-15(26(18(24)28)11-16(27)25-6-3-7-25)9-13(10-23-17)12-4-2-5-14(8-12)19(20,21)22/h2,4-5,8-10H,3,6-7,11H2,1H3. The van der Waals surface area contributed by atoms with Gasteiger partial charge in [-0.2, -0.15) is 13.2 Å². The van der Waals surface area contributed by atoms with Crippen LogP contribution in [0.15, 0.2) is 41.3 Å². The molecule has 6 nitrogen and oxygen atoms in total. The maximum atomic E-state index is 13.0. The van der Waals surface area contributed by atoms with E-state index < -0.39 is 17.4 Å². The highest BCUT2D eigenvalue weighted by atomic mass is 19.4. The summed E-state index contributed by atoms with van der Waals surface area (Å²) in [5.74, 6) is -0.162. The minimum Gasteiger partial charge on any atom is -0.341 e. The number of nitrogens with zero attached hydrogens (tertiary/aromatic N) is 4. The second-order valence-electron chi connectivity index (χ2n) is 6.81. The molecule has 0 saturated carbocycles. The number of pyridine rings is 1. The summed E-state index contributed by atoms with van der Waals surface area (Å²) >= 11 is 0. The third-order valence-corrected chi connectivity index (χ3v) is 5.00. The van der Waals surface area contributed by atoms with E-state index in [-0.39, 0.29) is 12.5 Å². The summed E-state index contributed by atoms with van der Waals surface area (Å²) in [7, 11) is 1.55. The van der Waals surface area contributed by atoms with Crippen LogP contribution in [0, 0.1) is 0 Å². The lowest BCUT2D eigenvalue weighted by Crippen LogP contribution is -2.44. The summed E-state index contributed by atoms with van der Waals surface area (Å²) in [4.78, 5) is 30.8. The fraction of sp³-hybridized carbons (Fsp3) is 0.316. The fourth-order valence-electron chi connectivity index (χ4n) is 3.26. The Hall–Kier alpha value is -3.10. The number of aryl methyl sites for hydroxylation is 1. The molecular weight excluding hydrogens is 373 g/mol. The van der Waals surface area contributed by atoms with E-state index in [4.69, 9.17) is 0 Å². The number of likely N-dealkylation sites (tertiary alicyclic amines) is 1. The van der Waals surface area contributed by atoms with E-state index in [1.165, 1.54) is 21.4 Å². The van der Waals surface area contributed by atoms with Gasteiger partial charge in [-0.3, -0.25) is 13.9 Å². The molecule has 1 amide bonds. The summed E-state index contributed by atoms with van der Waals surface area (Å²) in [6, 6.07) is 6.52. The Balaban J connectivity index is 1.79. The van der Waals surface area contributed by atoms with E-state index in [0.717, 1.165) is 18.6 Å². The van der Waals surface area contributed by atoms with Crippen molar-refractivity contribution in [1.82, 2.24) is 19.0 Å². The third kappa shape index (κ3) is 3.06. The van der Waals surface area contributed by atoms with Crippen LogP contribution in [0.5, 0.6) is 0 Å². The van der Waals surface area contributed by atoms with Crippen LogP contribution in [-0.4, -0.2) is 38.0 Å². The number of carbonyl (C=O) groups is 1. The van der Waals surface area contributed by atoms with E-state index >= 15 is 0 Å². The van der Waals surface area contributed by atoms with Gasteiger partial charge in [0, 0.05) is 31.9 Å². The smallest absolute Gasteiger partial charge is 0.341 e. The summed E-state index contributed by atoms with van der Waals surface area (Å²) < 4.78 is 41.7. The molecule has 3 aromatic rings. The molecule has 0 spiro atoms. The van der Waals surface area contributed by atoms with E-state index in [1.54, 1.807) is 24.1 Å². The van der Waals surface area contributed by atoms with Gasteiger partial charge in [0.25, 0.3) is 0 Å². The maximum Gasteiger partial charge on any atom is 0.416 e. The number of halogens is 3. The van der Waals surface area contributed by atoms with Gasteiger partial charge in [-0.15, -0.1) is 0 Å². The lowest BCUT2D eigenvalue weighted by molar-refractivity contribution is -0.137. The van der Waals surface area contributed by atoms with Crippen LogP contribution in [0.4, 0.5) is 13.2 Å². The van der Waals surface area contributed by atoms with E-state index in [9.17, 15) is 22.8 Å². The molecule has 9 heteroatoms. The van der Waals surface area contributed by atoms with Gasteiger partial charge in [-0.05, 0) is 30.2 Å². The molecule has 0 unspecified atom stereocenters. The highest BCUT2D eigenvalue weighted by Gasteiger charge is 2.30. The van der Waals surface area contributed by atoms with E-state index in [0.29, 0.717) is 35.4 Å². The molecule has 1 aromatic carbocycles. The number of carbonyl (C=O) groups excluding carboxylic acids is 1. The SMILES string of the molecule is Cn1c(=O)n(CC(=O)N2CCC2)c2cc(-c3cccc(C(F)(F)F)c3)cnc21. The molecule has 146 valence electrons. The number of rotatable bonds is 3. The molecule has 0 atom stereocenters. The lowest BCUT2D eigenvalue weighted by Gasteiger charge is -2.30. The van der Waals surface area contributed by atoms with Crippen LogP contribution in [0.3, 0.4) is 0 Å². The highest BCUT2D eigenvalue weighted by molar-refractivity contribution is 5.82. The van der Waals surface area contributed by atoms with Crippen LogP contribution in [0.2, 0.25) is 0 Å². The Kier molecular flexibility index (Phi) is 4.24. The second-order valence-corrected chi connectivity index (χ2v) is 6.81. The number of imidazole rings is 1. The summed E-state index contributed by atoms with van der Waals surface area (Å²) in [5, 5.41) is 0. The minimum atomic E-state index is -4.45. The zero-order chi connectivity index (χ0) is 20.1. The maximum absolute atomic E-state index is 13.0. The Labute approximate surface area is 157 Å². The Morgan fingerprint density at radius 2 is 1.93 bits per heavy atom. The second kappa shape index (κ2) is 6.50. The quantitative estimate of drug-likeness (QED) is 0.691. The molecule has 0 aliphatic carbocycles. The predicted octanol–water partition coefficient (Wildman–Crippen LogP) is 2.65. The van der Waals surface area contributed by atoms with Gasteiger partial charge in [0.05, 0.1) is 11.1 Å². The molecule has 0 radical (unpaired) electrons. The average Bonchev–Trinajstić information content (AvgIpc) is 2.84. The van der Waals surface area contributed by atoms with Gasteiger partial charge < -0.3 is 4.90 Å². The van der Waals surface area contributed by atoms with Gasteiger partial charge in [0.1, 0.15) is 6.54 Å². The number of fused-ring (bicyclic) bond motifs is 1. The minimum absolute atomic E-state index is 0.121. The van der Waals surface area contributed by atoms with Gasteiger partial charge in [0.15, 0.2) is 5.65 Å². The van der Waals surface area contributed by atoms with Crippen LogP contribution < -0.4 is 5.69 Å². The first kappa shape index (κ1) is 18.3. The van der Waals surface area contributed by atoms with Gasteiger partial charge in [0.2, 0.25) is 5.91 Å². The van der Waals surface area contributed by atoms with E-state index in [2.05, 4.69) is 4.98 Å². The number of benzene rings is 1. The van der Waals surface area contributed by atoms with Crippen LogP contribution in [0.1, 0.15) is 12.0 Å². The number of hydrogen-bond donors (Lipinski definition) is 0. The number of aromatic nitrogens is 3. The average molecular weight is 390 g/mol. The van der Waals surface area contributed by atoms with Crippen molar-refractivity contribution in [2.75, 3.05) is 13.1 Å². The zero-order valence-electron chi connectivity index (χ0n) is 15.0. The molecule has 2 aromatic heterocycles. The topological polar surface area (TPSA) is 60.1 Å². The van der Waals surface area contributed by atoms with Crippen molar-refractivity contribution in [2.45, 2.75) is 19.1 Å². The van der Waals surface area contributed by atoms with Gasteiger partial charge in [-0.1, -0.05) is 12.1 Å². The zero-order valence-corrected chi connectivity index (χ0v) is 15.0. The predicted molar refractivity (Wildman–Crippen MR) is 96.6 cm³/mol. The number of amides is 1. The number of alkyl halides is 3. The lowest BCUT2D eigenvalue weighted by atomic mass is 10.0. The van der Waals surface area contributed by atoms with Gasteiger partial charge >= 0.3 is 11.9 Å². The molecule has 1 aliphatic heterocycles. The molecule has 0 N–H and O–H groups in total. The summed E-state index contributed by atoms with van der Waals surface area (Å²) in [6.07, 6.45) is -2.08. The first-order chi connectivity index (χ1) is 13.3. The normalized spacial score (nSPS) is 14.4. The largest absolute Gasteiger partial charge is 0.416 e. The van der Waals surface area contributed by atoms with Crippen molar-refractivity contribution in [2.24, 2.45) is 7.05 Å². The highest BCUT2D eigenvalue weighted by Crippen LogP contribution is 2.32.